The van der Waals surface area contributed by atoms with Gasteiger partial charge < -0.3 is 34.6 Å². The largest absolute Gasteiger partial charge is 0.493 e. The molecule has 1 unspecified atom stereocenters. The van der Waals surface area contributed by atoms with Crippen molar-refractivity contribution in [2.24, 2.45) is 5.92 Å². The number of H-pyrrole nitrogens is 1. The zero-order valence-electron chi connectivity index (χ0n) is 26.8. The van der Waals surface area contributed by atoms with Gasteiger partial charge in [-0.05, 0) is 75.4 Å². The molecular formula is C34H44FN5O6S. The van der Waals surface area contributed by atoms with Gasteiger partial charge in [-0.3, -0.25) is 14.5 Å². The molecule has 1 atom stereocenters. The predicted octanol–water partition coefficient (Wildman–Crippen LogP) is 4.15. The lowest BCUT2D eigenvalue weighted by Crippen LogP contribution is -2.38. The quantitative estimate of drug-likeness (QED) is 0.191. The number of piperidine rings is 1. The van der Waals surface area contributed by atoms with Gasteiger partial charge in [0.15, 0.2) is 0 Å². The number of hydrogen-bond acceptors (Lipinski definition) is 10. The Morgan fingerprint density at radius 3 is 2.64 bits per heavy atom. The van der Waals surface area contributed by atoms with E-state index < -0.39 is 17.4 Å². The maximum atomic E-state index is 14.9. The lowest BCUT2D eigenvalue weighted by Gasteiger charge is -2.31. The summed E-state index contributed by atoms with van der Waals surface area (Å²) in [5, 5.41) is 6.22. The maximum Gasteiger partial charge on any atom is 0.261 e. The van der Waals surface area contributed by atoms with E-state index in [1.165, 1.54) is 6.07 Å². The molecule has 3 N–H and O–H groups in total. The number of aldehydes is 1. The van der Waals surface area contributed by atoms with Crippen molar-refractivity contribution >= 4 is 40.5 Å². The Morgan fingerprint density at radius 1 is 1.15 bits per heavy atom. The fourth-order valence-electron chi connectivity index (χ4n) is 5.85. The molecule has 47 heavy (non-hydrogen) atoms. The van der Waals surface area contributed by atoms with Gasteiger partial charge in [0, 0.05) is 56.3 Å². The highest BCUT2D eigenvalue weighted by Crippen LogP contribution is 2.27. The molecule has 2 aromatic carbocycles. The molecule has 2 aliphatic heterocycles. The molecule has 2 aliphatic rings. The number of likely N-dealkylation sites (tertiary alicyclic amines) is 1. The van der Waals surface area contributed by atoms with Crippen LogP contribution in [0.5, 0.6) is 11.5 Å². The molecule has 11 nitrogen and oxygen atoms in total. The van der Waals surface area contributed by atoms with Crippen LogP contribution < -0.4 is 25.7 Å². The molecule has 0 aliphatic carbocycles. The fourth-order valence-corrected chi connectivity index (χ4v) is 6.90. The summed E-state index contributed by atoms with van der Waals surface area (Å²) < 4.78 is 32.3. The summed E-state index contributed by atoms with van der Waals surface area (Å²) >= 11 is 1.74. The molecule has 1 amide bonds. The third kappa shape index (κ3) is 10.2. The Balaban J connectivity index is 1.04. The van der Waals surface area contributed by atoms with Crippen LogP contribution in [0, 0.1) is 11.7 Å². The molecule has 0 bridgehead atoms. The first-order chi connectivity index (χ1) is 22.9. The zero-order valence-corrected chi connectivity index (χ0v) is 27.6. The van der Waals surface area contributed by atoms with Gasteiger partial charge in [-0.25, -0.2) is 9.37 Å². The number of benzene rings is 2. The Labute approximate surface area is 278 Å². The van der Waals surface area contributed by atoms with Crippen molar-refractivity contribution in [1.82, 2.24) is 20.2 Å². The molecular weight excluding hydrogens is 625 g/mol. The molecule has 0 spiro atoms. The minimum atomic E-state index is -0.627. The van der Waals surface area contributed by atoms with E-state index in [1.54, 1.807) is 24.9 Å². The van der Waals surface area contributed by atoms with Crippen LogP contribution in [0.4, 0.5) is 10.1 Å². The summed E-state index contributed by atoms with van der Waals surface area (Å²) in [4.78, 5) is 45.1. The van der Waals surface area contributed by atoms with Crippen LogP contribution in [0.2, 0.25) is 0 Å². The molecule has 3 heterocycles. The zero-order chi connectivity index (χ0) is 33.0. The lowest BCUT2D eigenvalue weighted by atomic mass is 9.98. The molecule has 0 radical (unpaired) electrons. The summed E-state index contributed by atoms with van der Waals surface area (Å²) in [5.74, 6) is 1.78. The third-order valence-corrected chi connectivity index (χ3v) is 9.99. The first-order valence-corrected chi connectivity index (χ1v) is 17.4. The van der Waals surface area contributed by atoms with Gasteiger partial charge >= 0.3 is 0 Å². The fraction of sp³-hybridized carbons (Fsp3) is 0.529. The molecule has 1 aromatic heterocycles. The Hall–Kier alpha value is -3.68. The number of amides is 1. The van der Waals surface area contributed by atoms with E-state index in [-0.39, 0.29) is 11.3 Å². The Kier molecular flexibility index (Phi) is 12.9. The summed E-state index contributed by atoms with van der Waals surface area (Å²) in [5.41, 5.74) is 0.627. The number of aromatic amines is 1. The molecule has 13 heteroatoms. The number of likely N-dealkylation sites (N-methyl/N-ethyl adjacent to an activating group) is 1. The van der Waals surface area contributed by atoms with Crippen LogP contribution in [-0.4, -0.2) is 91.5 Å². The van der Waals surface area contributed by atoms with Gasteiger partial charge in [-0.15, -0.1) is 0 Å². The van der Waals surface area contributed by atoms with Crippen molar-refractivity contribution in [3.8, 4) is 11.5 Å². The van der Waals surface area contributed by atoms with Gasteiger partial charge in [0.2, 0.25) is 5.91 Å². The number of anilines is 1. The van der Waals surface area contributed by atoms with E-state index in [4.69, 9.17) is 14.2 Å². The number of fused-ring (bicyclic) bond motifs is 1. The monoisotopic (exact) mass is 669 g/mol. The second-order valence-corrected chi connectivity index (χ2v) is 13.2. The van der Waals surface area contributed by atoms with Crippen molar-refractivity contribution in [1.29, 1.82) is 0 Å². The van der Waals surface area contributed by atoms with Crippen molar-refractivity contribution in [3.63, 3.8) is 0 Å². The number of thioether (sulfide) groups is 1. The summed E-state index contributed by atoms with van der Waals surface area (Å²) in [6.07, 6.45) is 5.40. The number of ether oxygens (including phenoxy) is 3. The normalized spacial score (nSPS) is 16.9. The molecule has 3 aromatic rings. The average molecular weight is 670 g/mol. The number of hydrogen-bond donors (Lipinski definition) is 3. The SMILES string of the molecule is CNC(=O)C(CCC=O)Nc1ccc(OCCN2CCC(COc3cc(F)c4c(=O)[nH]c(CSC5CCOCC5)nc4c3)CC2)cc1. The number of nitrogens with one attached hydrogen (secondary N) is 3. The van der Waals surface area contributed by atoms with E-state index in [1.807, 2.05) is 24.3 Å². The summed E-state index contributed by atoms with van der Waals surface area (Å²) in [7, 11) is 1.58. The van der Waals surface area contributed by atoms with Crippen LogP contribution in [0.15, 0.2) is 41.2 Å². The summed E-state index contributed by atoms with van der Waals surface area (Å²) in [6, 6.07) is 9.91. The van der Waals surface area contributed by atoms with Crippen LogP contribution in [-0.2, 0) is 20.1 Å². The average Bonchev–Trinajstić information content (AvgIpc) is 3.09. The van der Waals surface area contributed by atoms with Gasteiger partial charge in [0.25, 0.3) is 5.56 Å². The van der Waals surface area contributed by atoms with E-state index in [0.717, 1.165) is 76.3 Å². The van der Waals surface area contributed by atoms with E-state index in [0.29, 0.717) is 60.1 Å². The van der Waals surface area contributed by atoms with E-state index >= 15 is 0 Å². The van der Waals surface area contributed by atoms with Gasteiger partial charge in [-0.1, -0.05) is 0 Å². The molecule has 0 saturated carbocycles. The highest BCUT2D eigenvalue weighted by atomic mass is 32.2. The number of halogens is 1. The highest BCUT2D eigenvalue weighted by molar-refractivity contribution is 7.99. The molecule has 5 rings (SSSR count). The smallest absolute Gasteiger partial charge is 0.261 e. The highest BCUT2D eigenvalue weighted by Gasteiger charge is 2.21. The number of rotatable bonds is 16. The maximum absolute atomic E-state index is 14.9. The van der Waals surface area contributed by atoms with Crippen LogP contribution >= 0.6 is 11.8 Å². The predicted molar refractivity (Wildman–Crippen MR) is 181 cm³/mol. The first kappa shape index (κ1) is 34.6. The van der Waals surface area contributed by atoms with E-state index in [2.05, 4.69) is 25.5 Å². The van der Waals surface area contributed by atoms with Crippen molar-refractivity contribution in [3.05, 3.63) is 58.4 Å². The third-order valence-electron chi connectivity index (χ3n) is 8.61. The number of aromatic nitrogens is 2. The van der Waals surface area contributed by atoms with Crippen LogP contribution in [0.1, 0.15) is 44.3 Å². The summed E-state index contributed by atoms with van der Waals surface area (Å²) in [6.45, 7) is 5.15. The van der Waals surface area contributed by atoms with Crippen LogP contribution in [0.25, 0.3) is 10.9 Å². The van der Waals surface area contributed by atoms with Gasteiger partial charge in [0.1, 0.15) is 47.5 Å². The molecule has 2 saturated heterocycles. The van der Waals surface area contributed by atoms with Crippen molar-refractivity contribution < 1.29 is 28.2 Å². The number of carbonyl (C=O) groups is 2. The van der Waals surface area contributed by atoms with Crippen LogP contribution in [0.3, 0.4) is 0 Å². The first-order valence-electron chi connectivity index (χ1n) is 16.3. The van der Waals surface area contributed by atoms with Gasteiger partial charge in [0.05, 0.1) is 17.9 Å². The van der Waals surface area contributed by atoms with Gasteiger partial charge in [-0.2, -0.15) is 11.8 Å². The molecule has 2 fully saturated rings. The Bertz CT molecular complexity index is 1530. The number of nitrogens with zero attached hydrogens (tertiary/aromatic N) is 2. The minimum absolute atomic E-state index is 0.0407. The van der Waals surface area contributed by atoms with Crippen molar-refractivity contribution in [2.75, 3.05) is 58.4 Å². The topological polar surface area (TPSA) is 135 Å². The second kappa shape index (κ2) is 17.5. The second-order valence-electron chi connectivity index (χ2n) is 12.0. The minimum Gasteiger partial charge on any atom is -0.493 e. The van der Waals surface area contributed by atoms with E-state index in [9.17, 15) is 18.8 Å². The number of carbonyl (C=O) groups excluding carboxylic acids is 2. The molecule has 254 valence electrons. The standard InChI is InChI=1S/C34H44FN5O6S/c1-36-33(42)29(3-2-15-41)37-24-4-6-25(7-5-24)45-18-14-40-12-8-23(9-13-40)21-46-26-19-28(35)32-30(20-26)38-31(39-34(32)43)22-47-27-10-16-44-17-11-27/h4-7,15,19-20,23,27,29,37H,2-3,8-14,16-18,21-22H2,1H3,(H,36,42)(H,38,39,43). The lowest BCUT2D eigenvalue weighted by molar-refractivity contribution is -0.121. The van der Waals surface area contributed by atoms with Crippen molar-refractivity contribution in [2.45, 2.75) is 55.6 Å². The Morgan fingerprint density at radius 2 is 1.91 bits per heavy atom.